The van der Waals surface area contributed by atoms with Gasteiger partial charge in [0.15, 0.2) is 5.58 Å². The fraction of sp³-hybridized carbons (Fsp3) is 0.529. The summed E-state index contributed by atoms with van der Waals surface area (Å²) < 4.78 is 7.02. The molecule has 7 heteroatoms. The number of rotatable bonds is 4. The van der Waals surface area contributed by atoms with Gasteiger partial charge in [-0.3, -0.25) is 14.3 Å². The van der Waals surface area contributed by atoms with E-state index in [0.717, 1.165) is 37.7 Å². The minimum Gasteiger partial charge on any atom is -0.408 e. The zero-order chi connectivity index (χ0) is 16.7. The summed E-state index contributed by atoms with van der Waals surface area (Å²) in [5, 5.41) is 3.59. The van der Waals surface area contributed by atoms with E-state index < -0.39 is 0 Å². The minimum atomic E-state index is -0.360. The molecule has 24 heavy (non-hydrogen) atoms. The van der Waals surface area contributed by atoms with E-state index in [1.54, 1.807) is 22.8 Å². The van der Waals surface area contributed by atoms with Crippen LogP contribution in [0.4, 0.5) is 0 Å². The van der Waals surface area contributed by atoms with Crippen molar-refractivity contribution in [3.05, 3.63) is 33.8 Å². The summed E-state index contributed by atoms with van der Waals surface area (Å²) in [6.45, 7) is 1.93. The molecular formula is C17H20ClN3O3. The molecule has 2 fully saturated rings. The molecule has 1 unspecified atom stereocenters. The summed E-state index contributed by atoms with van der Waals surface area (Å²) >= 11 is 6.07. The Morgan fingerprint density at radius 1 is 1.33 bits per heavy atom. The fourth-order valence-corrected chi connectivity index (χ4v) is 3.61. The molecule has 0 radical (unpaired) electrons. The Hall–Kier alpha value is -1.79. The average Bonchev–Trinajstić information content (AvgIpc) is 3.28. The highest BCUT2D eigenvalue weighted by molar-refractivity contribution is 6.31. The number of carbonyl (C=O) groups is 1. The number of piperidine rings is 1. The number of oxazole rings is 1. The maximum Gasteiger partial charge on any atom is 0.420 e. The average molecular weight is 350 g/mol. The van der Waals surface area contributed by atoms with Crippen LogP contribution in [-0.2, 0) is 4.79 Å². The molecular weight excluding hydrogens is 330 g/mol. The summed E-state index contributed by atoms with van der Waals surface area (Å²) in [6.07, 6.45) is 4.01. The normalized spacial score (nSPS) is 22.0. The van der Waals surface area contributed by atoms with Crippen LogP contribution in [0.1, 0.15) is 31.7 Å². The Morgan fingerprint density at radius 2 is 2.17 bits per heavy atom. The molecule has 1 aliphatic carbocycles. The molecule has 4 rings (SSSR count). The van der Waals surface area contributed by atoms with Gasteiger partial charge in [-0.05, 0) is 50.4 Å². The van der Waals surface area contributed by atoms with Gasteiger partial charge < -0.3 is 9.73 Å². The maximum absolute atomic E-state index is 12.3. The molecule has 1 aromatic carbocycles. The van der Waals surface area contributed by atoms with E-state index in [9.17, 15) is 9.59 Å². The van der Waals surface area contributed by atoms with Gasteiger partial charge in [0, 0.05) is 17.6 Å². The van der Waals surface area contributed by atoms with Crippen LogP contribution >= 0.6 is 11.6 Å². The monoisotopic (exact) mass is 349 g/mol. The molecule has 1 atom stereocenters. The third-order valence-electron chi connectivity index (χ3n) is 4.73. The van der Waals surface area contributed by atoms with Gasteiger partial charge in [0.25, 0.3) is 0 Å². The molecule has 2 aliphatic rings. The largest absolute Gasteiger partial charge is 0.420 e. The SMILES string of the molecule is O=C(CN1CCCC(n2c(=O)oc3ccc(Cl)cc32)C1)NC1CC1. The van der Waals surface area contributed by atoms with Gasteiger partial charge in [-0.1, -0.05) is 11.6 Å². The predicted octanol–water partition coefficient (Wildman–Crippen LogP) is 2.16. The molecule has 1 N–H and O–H groups in total. The van der Waals surface area contributed by atoms with Crippen LogP contribution in [0.3, 0.4) is 0 Å². The van der Waals surface area contributed by atoms with Crippen molar-refractivity contribution in [3.63, 3.8) is 0 Å². The van der Waals surface area contributed by atoms with Crippen LogP contribution in [0.15, 0.2) is 27.4 Å². The third kappa shape index (κ3) is 3.21. The number of halogens is 1. The Balaban J connectivity index is 1.53. The topological polar surface area (TPSA) is 67.5 Å². The number of hydrogen-bond acceptors (Lipinski definition) is 4. The number of nitrogens with one attached hydrogen (secondary N) is 1. The van der Waals surface area contributed by atoms with Crippen molar-refractivity contribution in [1.29, 1.82) is 0 Å². The molecule has 1 aliphatic heterocycles. The third-order valence-corrected chi connectivity index (χ3v) is 4.97. The molecule has 1 saturated carbocycles. The Labute approximate surface area is 144 Å². The number of nitrogens with zero attached hydrogens (tertiary/aromatic N) is 2. The first kappa shape index (κ1) is 15.7. The number of carbonyl (C=O) groups excluding carboxylic acids is 1. The van der Waals surface area contributed by atoms with Crippen molar-refractivity contribution in [3.8, 4) is 0 Å². The summed E-state index contributed by atoms with van der Waals surface area (Å²) in [4.78, 5) is 26.4. The van der Waals surface area contributed by atoms with Gasteiger partial charge in [0.2, 0.25) is 5.91 Å². The number of benzene rings is 1. The lowest BCUT2D eigenvalue weighted by Gasteiger charge is -2.32. The van der Waals surface area contributed by atoms with Crippen molar-refractivity contribution in [2.24, 2.45) is 0 Å². The highest BCUT2D eigenvalue weighted by Gasteiger charge is 2.28. The van der Waals surface area contributed by atoms with Crippen molar-refractivity contribution >= 4 is 28.6 Å². The maximum atomic E-state index is 12.3. The Bertz CT molecular complexity index is 824. The molecule has 6 nitrogen and oxygen atoms in total. The van der Waals surface area contributed by atoms with Crippen LogP contribution in [-0.4, -0.2) is 41.1 Å². The lowest BCUT2D eigenvalue weighted by atomic mass is 10.1. The summed E-state index contributed by atoms with van der Waals surface area (Å²) in [6, 6.07) is 5.58. The van der Waals surface area contributed by atoms with E-state index in [1.165, 1.54) is 0 Å². The molecule has 2 heterocycles. The van der Waals surface area contributed by atoms with Crippen LogP contribution in [0.5, 0.6) is 0 Å². The van der Waals surface area contributed by atoms with E-state index in [1.807, 2.05) is 0 Å². The summed E-state index contributed by atoms with van der Waals surface area (Å²) in [7, 11) is 0. The molecule has 1 saturated heterocycles. The van der Waals surface area contributed by atoms with E-state index in [-0.39, 0.29) is 17.7 Å². The second-order valence-corrected chi connectivity index (χ2v) is 7.16. The lowest BCUT2D eigenvalue weighted by molar-refractivity contribution is -0.122. The first-order valence-corrected chi connectivity index (χ1v) is 8.80. The fourth-order valence-electron chi connectivity index (χ4n) is 3.44. The van der Waals surface area contributed by atoms with E-state index in [2.05, 4.69) is 10.2 Å². The van der Waals surface area contributed by atoms with Crippen LogP contribution < -0.4 is 11.1 Å². The smallest absolute Gasteiger partial charge is 0.408 e. The minimum absolute atomic E-state index is 0.000285. The molecule has 0 spiro atoms. The van der Waals surface area contributed by atoms with Crippen molar-refractivity contribution in [2.75, 3.05) is 19.6 Å². The van der Waals surface area contributed by atoms with Crippen molar-refractivity contribution in [1.82, 2.24) is 14.8 Å². The van der Waals surface area contributed by atoms with Crippen LogP contribution in [0.25, 0.3) is 11.1 Å². The van der Waals surface area contributed by atoms with Gasteiger partial charge in [-0.25, -0.2) is 4.79 Å². The van der Waals surface area contributed by atoms with Gasteiger partial charge >= 0.3 is 5.76 Å². The molecule has 1 amide bonds. The Morgan fingerprint density at radius 3 is 2.96 bits per heavy atom. The summed E-state index contributed by atoms with van der Waals surface area (Å²) in [5.41, 5.74) is 1.27. The number of fused-ring (bicyclic) bond motifs is 1. The zero-order valence-corrected chi connectivity index (χ0v) is 14.1. The predicted molar refractivity (Wildman–Crippen MR) is 91.4 cm³/mol. The van der Waals surface area contributed by atoms with Gasteiger partial charge in [-0.15, -0.1) is 0 Å². The van der Waals surface area contributed by atoms with Crippen molar-refractivity contribution < 1.29 is 9.21 Å². The molecule has 128 valence electrons. The number of aromatic nitrogens is 1. The van der Waals surface area contributed by atoms with Gasteiger partial charge in [0.05, 0.1) is 18.1 Å². The summed E-state index contributed by atoms with van der Waals surface area (Å²) in [5.74, 6) is -0.285. The second-order valence-electron chi connectivity index (χ2n) is 6.72. The molecule has 0 bridgehead atoms. The van der Waals surface area contributed by atoms with E-state index in [0.29, 0.717) is 29.7 Å². The standard InChI is InChI=1S/C17H20ClN3O3/c18-11-3-6-15-14(8-11)21(17(23)24-15)13-2-1-7-20(9-13)10-16(22)19-12-4-5-12/h3,6,8,12-13H,1-2,4-5,7,9-10H2,(H,19,22). The van der Waals surface area contributed by atoms with E-state index >= 15 is 0 Å². The van der Waals surface area contributed by atoms with Crippen LogP contribution in [0, 0.1) is 0 Å². The van der Waals surface area contributed by atoms with Gasteiger partial charge in [-0.2, -0.15) is 0 Å². The first-order chi connectivity index (χ1) is 11.6. The van der Waals surface area contributed by atoms with Crippen LogP contribution in [0.2, 0.25) is 5.02 Å². The van der Waals surface area contributed by atoms with E-state index in [4.69, 9.17) is 16.0 Å². The molecule has 2 aromatic rings. The van der Waals surface area contributed by atoms with Crippen molar-refractivity contribution in [2.45, 2.75) is 37.8 Å². The van der Waals surface area contributed by atoms with Gasteiger partial charge in [0.1, 0.15) is 0 Å². The second kappa shape index (κ2) is 6.26. The highest BCUT2D eigenvalue weighted by Crippen LogP contribution is 2.26. The quantitative estimate of drug-likeness (QED) is 0.918. The first-order valence-electron chi connectivity index (χ1n) is 8.42. The zero-order valence-electron chi connectivity index (χ0n) is 13.3. The number of amides is 1. The highest BCUT2D eigenvalue weighted by atomic mass is 35.5. The number of likely N-dealkylation sites (tertiary alicyclic amines) is 1. The lowest BCUT2D eigenvalue weighted by Crippen LogP contribution is -2.44. The number of hydrogen-bond donors (Lipinski definition) is 1. The Kier molecular flexibility index (Phi) is 4.10. The molecule has 1 aromatic heterocycles.